The molecule has 0 spiro atoms. The smallest absolute Gasteiger partial charge is 0.175 e. The van der Waals surface area contributed by atoms with Gasteiger partial charge in [0.15, 0.2) is 5.82 Å². The zero-order valence-corrected chi connectivity index (χ0v) is 7.44. The number of aromatic nitrogens is 2. The van der Waals surface area contributed by atoms with Gasteiger partial charge in [-0.2, -0.15) is 5.26 Å². The van der Waals surface area contributed by atoms with Crippen molar-refractivity contribution in [2.24, 2.45) is 10.7 Å². The summed E-state index contributed by atoms with van der Waals surface area (Å²) in [4.78, 5) is 11.8. The first kappa shape index (κ1) is 9.13. The highest BCUT2D eigenvalue weighted by Crippen LogP contribution is 2.16. The maximum absolute atomic E-state index is 8.77. The molecular weight excluding hydrogens is 166 g/mol. The van der Waals surface area contributed by atoms with Gasteiger partial charge < -0.3 is 5.73 Å². The Labute approximate surface area is 76.0 Å². The molecule has 5 nitrogen and oxygen atoms in total. The zero-order chi connectivity index (χ0) is 9.84. The van der Waals surface area contributed by atoms with E-state index in [1.165, 1.54) is 0 Å². The number of hydrogen-bond acceptors (Lipinski definition) is 4. The van der Waals surface area contributed by atoms with Crippen molar-refractivity contribution in [2.75, 3.05) is 0 Å². The molecule has 0 atom stereocenters. The third-order valence-electron chi connectivity index (χ3n) is 1.49. The van der Waals surface area contributed by atoms with E-state index in [0.717, 1.165) is 6.34 Å². The fraction of sp³-hybridized carbons (Fsp3) is 0.250. The number of nitriles is 1. The Morgan fingerprint density at radius 2 is 2.15 bits per heavy atom. The highest BCUT2D eigenvalue weighted by atomic mass is 15.0. The number of nitrogens with zero attached hydrogens (tertiary/aromatic N) is 4. The van der Waals surface area contributed by atoms with E-state index in [2.05, 4.69) is 15.0 Å². The number of hydrogen-bond donors (Lipinski definition) is 1. The Morgan fingerprint density at radius 1 is 1.46 bits per heavy atom. The van der Waals surface area contributed by atoms with Crippen LogP contribution in [0.15, 0.2) is 4.99 Å². The van der Waals surface area contributed by atoms with Crippen LogP contribution < -0.4 is 5.73 Å². The topological polar surface area (TPSA) is 88.0 Å². The minimum atomic E-state index is 0.329. The van der Waals surface area contributed by atoms with Gasteiger partial charge in [0.25, 0.3) is 0 Å². The van der Waals surface area contributed by atoms with Crippen LogP contribution in [0.2, 0.25) is 0 Å². The van der Waals surface area contributed by atoms with E-state index in [4.69, 9.17) is 11.0 Å². The number of aliphatic imine (C=N–C) groups is 1. The summed E-state index contributed by atoms with van der Waals surface area (Å²) in [6.45, 7) is 3.48. The molecule has 0 saturated carbocycles. The largest absolute Gasteiger partial charge is 0.390 e. The molecule has 0 unspecified atom stereocenters. The van der Waals surface area contributed by atoms with Crippen molar-refractivity contribution in [3.8, 4) is 6.07 Å². The van der Waals surface area contributed by atoms with E-state index in [1.54, 1.807) is 13.8 Å². The van der Waals surface area contributed by atoms with Gasteiger partial charge in [-0.25, -0.2) is 15.0 Å². The van der Waals surface area contributed by atoms with Crippen LogP contribution >= 0.6 is 0 Å². The standard InChI is InChI=1S/C8H9N5/c1-5-7(3-9)8(11-4-10)13-6(2)12-5/h4H,1-2H3,(H2,10,11,12,13). The highest BCUT2D eigenvalue weighted by molar-refractivity contribution is 5.61. The number of rotatable bonds is 1. The molecule has 0 bridgehead atoms. The quantitative estimate of drug-likeness (QED) is 0.499. The third-order valence-corrected chi connectivity index (χ3v) is 1.49. The minimum Gasteiger partial charge on any atom is -0.390 e. The Hall–Kier alpha value is -1.96. The van der Waals surface area contributed by atoms with Gasteiger partial charge in [0.1, 0.15) is 17.5 Å². The molecule has 5 heteroatoms. The maximum atomic E-state index is 8.77. The van der Waals surface area contributed by atoms with Crippen LogP contribution in [0, 0.1) is 25.2 Å². The molecule has 1 aromatic rings. The van der Waals surface area contributed by atoms with Gasteiger partial charge in [0.05, 0.1) is 12.0 Å². The summed E-state index contributed by atoms with van der Waals surface area (Å²) in [6, 6.07) is 1.98. The van der Waals surface area contributed by atoms with Crippen LogP contribution in [-0.4, -0.2) is 16.3 Å². The molecule has 0 saturated heterocycles. The second-order valence-corrected chi connectivity index (χ2v) is 2.44. The van der Waals surface area contributed by atoms with Crippen molar-refractivity contribution in [3.63, 3.8) is 0 Å². The highest BCUT2D eigenvalue weighted by Gasteiger charge is 2.07. The summed E-state index contributed by atoms with van der Waals surface area (Å²) in [6.07, 6.45) is 1.11. The predicted molar refractivity (Wildman–Crippen MR) is 48.6 cm³/mol. The molecule has 1 rings (SSSR count). The third kappa shape index (κ3) is 1.79. The molecule has 2 N–H and O–H groups in total. The molecule has 13 heavy (non-hydrogen) atoms. The van der Waals surface area contributed by atoms with Gasteiger partial charge in [-0.15, -0.1) is 0 Å². The van der Waals surface area contributed by atoms with Crippen molar-refractivity contribution in [2.45, 2.75) is 13.8 Å². The lowest BCUT2D eigenvalue weighted by Crippen LogP contribution is -1.97. The van der Waals surface area contributed by atoms with E-state index in [0.29, 0.717) is 22.9 Å². The van der Waals surface area contributed by atoms with Crippen molar-refractivity contribution in [3.05, 3.63) is 17.1 Å². The van der Waals surface area contributed by atoms with Crippen molar-refractivity contribution in [1.82, 2.24) is 9.97 Å². The first-order valence-electron chi connectivity index (χ1n) is 3.68. The normalized spacial score (nSPS) is 10.2. The van der Waals surface area contributed by atoms with Crippen LogP contribution in [0.1, 0.15) is 17.1 Å². The molecular formula is C8H9N5. The molecule has 0 aliphatic rings. The SMILES string of the molecule is Cc1nc(C)c(C#N)c(N=CN)n1. The molecule has 0 aromatic carbocycles. The van der Waals surface area contributed by atoms with Crippen LogP contribution in [0.4, 0.5) is 5.82 Å². The van der Waals surface area contributed by atoms with Crippen LogP contribution in [0.3, 0.4) is 0 Å². The Bertz CT molecular complexity index is 388. The molecule has 1 aromatic heterocycles. The van der Waals surface area contributed by atoms with Crippen LogP contribution in [0.5, 0.6) is 0 Å². The molecule has 66 valence electrons. The van der Waals surface area contributed by atoms with Crippen molar-refractivity contribution < 1.29 is 0 Å². The first-order chi connectivity index (χ1) is 6.19. The lowest BCUT2D eigenvalue weighted by molar-refractivity contribution is 0.997. The molecule has 0 radical (unpaired) electrons. The van der Waals surface area contributed by atoms with Gasteiger partial charge in [0.2, 0.25) is 0 Å². The summed E-state index contributed by atoms with van der Waals surface area (Å²) in [7, 11) is 0. The fourth-order valence-electron chi connectivity index (χ4n) is 0.989. The molecule has 0 aliphatic carbocycles. The van der Waals surface area contributed by atoms with Crippen LogP contribution in [0.25, 0.3) is 0 Å². The van der Waals surface area contributed by atoms with Gasteiger partial charge in [0, 0.05) is 0 Å². The van der Waals surface area contributed by atoms with Crippen molar-refractivity contribution >= 4 is 12.2 Å². The Kier molecular flexibility index (Phi) is 2.55. The van der Waals surface area contributed by atoms with E-state index in [1.807, 2.05) is 6.07 Å². The van der Waals surface area contributed by atoms with Gasteiger partial charge in [-0.3, -0.25) is 0 Å². The number of aryl methyl sites for hydroxylation is 2. The lowest BCUT2D eigenvalue weighted by Gasteiger charge is -2.00. The fourth-order valence-corrected chi connectivity index (χ4v) is 0.989. The number of nitrogens with two attached hydrogens (primary N) is 1. The molecule has 0 amide bonds. The van der Waals surface area contributed by atoms with Gasteiger partial charge in [-0.1, -0.05) is 0 Å². The maximum Gasteiger partial charge on any atom is 0.175 e. The zero-order valence-electron chi connectivity index (χ0n) is 7.44. The monoisotopic (exact) mass is 175 g/mol. The van der Waals surface area contributed by atoms with Gasteiger partial charge in [-0.05, 0) is 13.8 Å². The molecule has 0 fully saturated rings. The second-order valence-electron chi connectivity index (χ2n) is 2.44. The summed E-state index contributed by atoms with van der Waals surface area (Å²) in [5, 5.41) is 8.77. The van der Waals surface area contributed by atoms with E-state index in [9.17, 15) is 0 Å². The second kappa shape index (κ2) is 3.63. The van der Waals surface area contributed by atoms with E-state index >= 15 is 0 Å². The van der Waals surface area contributed by atoms with E-state index in [-0.39, 0.29) is 0 Å². The Morgan fingerprint density at radius 3 is 2.69 bits per heavy atom. The first-order valence-corrected chi connectivity index (χ1v) is 3.68. The average molecular weight is 175 g/mol. The van der Waals surface area contributed by atoms with Crippen LogP contribution in [-0.2, 0) is 0 Å². The molecule has 1 heterocycles. The van der Waals surface area contributed by atoms with Crippen molar-refractivity contribution in [1.29, 1.82) is 5.26 Å². The van der Waals surface area contributed by atoms with E-state index < -0.39 is 0 Å². The molecule has 0 aliphatic heterocycles. The summed E-state index contributed by atoms with van der Waals surface area (Å²) < 4.78 is 0. The minimum absolute atomic E-state index is 0.329. The summed E-state index contributed by atoms with van der Waals surface area (Å²) in [5.41, 5.74) is 6.11. The average Bonchev–Trinajstić information content (AvgIpc) is 2.04. The summed E-state index contributed by atoms with van der Waals surface area (Å²) in [5.74, 6) is 0.909. The summed E-state index contributed by atoms with van der Waals surface area (Å²) >= 11 is 0. The van der Waals surface area contributed by atoms with Gasteiger partial charge >= 0.3 is 0 Å². The lowest BCUT2D eigenvalue weighted by atomic mass is 10.2. The Balaban J connectivity index is 3.40. The predicted octanol–water partition coefficient (Wildman–Crippen LogP) is 0.584.